The van der Waals surface area contributed by atoms with Crippen molar-refractivity contribution in [3.05, 3.63) is 41.1 Å². The molecule has 2 aliphatic heterocycles. The molecule has 0 amide bonds. The number of thioether (sulfide) groups is 1. The van der Waals surface area contributed by atoms with E-state index in [4.69, 9.17) is 0 Å². The van der Waals surface area contributed by atoms with Gasteiger partial charge in [0.1, 0.15) is 18.0 Å². The van der Waals surface area contributed by atoms with E-state index in [1.165, 1.54) is 23.6 Å². The summed E-state index contributed by atoms with van der Waals surface area (Å²) in [6.07, 6.45) is 2.89. The van der Waals surface area contributed by atoms with Crippen molar-refractivity contribution in [2.75, 3.05) is 59.3 Å². The molecule has 4 rings (SSSR count). The highest BCUT2D eigenvalue weighted by molar-refractivity contribution is 9.10. The highest BCUT2D eigenvalue weighted by Crippen LogP contribution is 2.26. The Bertz CT molecular complexity index is 737. The van der Waals surface area contributed by atoms with Crippen molar-refractivity contribution in [3.63, 3.8) is 0 Å². The molecule has 5 nitrogen and oxygen atoms in total. The van der Waals surface area contributed by atoms with Gasteiger partial charge in [0.2, 0.25) is 0 Å². The molecule has 2 fully saturated rings. The maximum absolute atomic E-state index is 4.46. The molecular weight excluding hydrogens is 410 g/mol. The summed E-state index contributed by atoms with van der Waals surface area (Å²) < 4.78 is 1.14. The van der Waals surface area contributed by atoms with Gasteiger partial charge in [0.15, 0.2) is 0 Å². The first-order chi connectivity index (χ1) is 12.8. The minimum absolute atomic E-state index is 0.638. The van der Waals surface area contributed by atoms with E-state index in [1.807, 2.05) is 11.8 Å². The molecule has 2 saturated heterocycles. The van der Waals surface area contributed by atoms with Crippen molar-refractivity contribution < 1.29 is 0 Å². The molecule has 7 heteroatoms. The van der Waals surface area contributed by atoms with Crippen LogP contribution in [-0.2, 0) is 0 Å². The number of halogens is 1. The van der Waals surface area contributed by atoms with Gasteiger partial charge >= 0.3 is 0 Å². The van der Waals surface area contributed by atoms with Gasteiger partial charge < -0.3 is 15.1 Å². The Morgan fingerprint density at radius 1 is 1.12 bits per heavy atom. The Hall–Kier alpha value is -1.47. The zero-order valence-electron chi connectivity index (χ0n) is 14.8. The third-order valence-corrected chi connectivity index (χ3v) is 6.45. The second kappa shape index (κ2) is 8.48. The van der Waals surface area contributed by atoms with Crippen LogP contribution in [-0.4, -0.2) is 54.2 Å². The van der Waals surface area contributed by atoms with Gasteiger partial charge in [-0.05, 0) is 30.5 Å². The SMILES string of the molecule is Brc1cccc(N2CCC(CNc3cc(N4CCSCC4)ncn3)C2)c1. The van der Waals surface area contributed by atoms with E-state index < -0.39 is 0 Å². The summed E-state index contributed by atoms with van der Waals surface area (Å²) in [5.74, 6) is 4.98. The van der Waals surface area contributed by atoms with Crippen LogP contribution in [0.1, 0.15) is 6.42 Å². The van der Waals surface area contributed by atoms with Crippen LogP contribution < -0.4 is 15.1 Å². The van der Waals surface area contributed by atoms with Crippen molar-refractivity contribution in [1.29, 1.82) is 0 Å². The van der Waals surface area contributed by atoms with Crippen molar-refractivity contribution in [1.82, 2.24) is 9.97 Å². The van der Waals surface area contributed by atoms with E-state index >= 15 is 0 Å². The number of hydrogen-bond donors (Lipinski definition) is 1. The Morgan fingerprint density at radius 2 is 2.00 bits per heavy atom. The molecule has 3 heterocycles. The van der Waals surface area contributed by atoms with E-state index in [2.05, 4.69) is 71.3 Å². The van der Waals surface area contributed by atoms with Crippen molar-refractivity contribution in [3.8, 4) is 0 Å². The van der Waals surface area contributed by atoms with Gasteiger partial charge in [-0.3, -0.25) is 0 Å². The lowest BCUT2D eigenvalue weighted by molar-refractivity contribution is 0.621. The van der Waals surface area contributed by atoms with Crippen molar-refractivity contribution in [2.45, 2.75) is 6.42 Å². The number of anilines is 3. The molecule has 138 valence electrons. The first-order valence-corrected chi connectivity index (χ1v) is 11.1. The summed E-state index contributed by atoms with van der Waals surface area (Å²) in [5, 5.41) is 3.53. The second-order valence-electron chi connectivity index (χ2n) is 6.82. The average molecular weight is 434 g/mol. The number of benzene rings is 1. The highest BCUT2D eigenvalue weighted by Gasteiger charge is 2.23. The van der Waals surface area contributed by atoms with Gasteiger partial charge in [0.25, 0.3) is 0 Å². The first-order valence-electron chi connectivity index (χ1n) is 9.17. The van der Waals surface area contributed by atoms with E-state index in [0.29, 0.717) is 5.92 Å². The van der Waals surface area contributed by atoms with Crippen LogP contribution in [0.5, 0.6) is 0 Å². The molecule has 1 aromatic carbocycles. The van der Waals surface area contributed by atoms with Crippen LogP contribution in [0.4, 0.5) is 17.3 Å². The monoisotopic (exact) mass is 433 g/mol. The second-order valence-corrected chi connectivity index (χ2v) is 8.96. The van der Waals surface area contributed by atoms with E-state index in [1.54, 1.807) is 6.33 Å². The van der Waals surface area contributed by atoms with Gasteiger partial charge in [0.05, 0.1) is 0 Å². The summed E-state index contributed by atoms with van der Waals surface area (Å²) in [5.41, 5.74) is 1.30. The average Bonchev–Trinajstić information content (AvgIpc) is 3.16. The molecule has 0 aliphatic carbocycles. The fourth-order valence-corrected chi connectivity index (χ4v) is 4.85. The van der Waals surface area contributed by atoms with Gasteiger partial charge in [-0.1, -0.05) is 22.0 Å². The zero-order chi connectivity index (χ0) is 17.8. The van der Waals surface area contributed by atoms with Gasteiger partial charge in [-0.15, -0.1) is 0 Å². The lowest BCUT2D eigenvalue weighted by atomic mass is 10.1. The lowest BCUT2D eigenvalue weighted by Crippen LogP contribution is -2.33. The maximum Gasteiger partial charge on any atom is 0.134 e. The Labute approximate surface area is 167 Å². The van der Waals surface area contributed by atoms with Gasteiger partial charge in [-0.2, -0.15) is 11.8 Å². The summed E-state index contributed by atoms with van der Waals surface area (Å²) in [6.45, 7) is 5.31. The fraction of sp³-hybridized carbons (Fsp3) is 0.474. The molecule has 0 radical (unpaired) electrons. The summed E-state index contributed by atoms with van der Waals surface area (Å²) in [6, 6.07) is 10.7. The quantitative estimate of drug-likeness (QED) is 0.774. The molecule has 1 N–H and O–H groups in total. The topological polar surface area (TPSA) is 44.3 Å². The standard InChI is InChI=1S/C19H24BrN5S/c20-16-2-1-3-17(10-16)25-5-4-15(13-25)12-21-18-11-19(23-14-22-18)24-6-8-26-9-7-24/h1-3,10-11,14-15H,4-9,12-13H2,(H,21,22,23). The smallest absolute Gasteiger partial charge is 0.134 e. The predicted octanol–water partition coefficient (Wildman–Crippen LogP) is 3.73. The molecule has 2 aliphatic rings. The van der Waals surface area contributed by atoms with E-state index in [9.17, 15) is 0 Å². The molecule has 0 bridgehead atoms. The van der Waals surface area contributed by atoms with Crippen molar-refractivity contribution >= 4 is 45.0 Å². The van der Waals surface area contributed by atoms with Crippen LogP contribution >= 0.6 is 27.7 Å². The molecule has 1 unspecified atom stereocenters. The molecule has 0 spiro atoms. The molecule has 1 atom stereocenters. The largest absolute Gasteiger partial charge is 0.371 e. The normalized spacial score (nSPS) is 20.4. The molecule has 2 aromatic rings. The number of nitrogens with one attached hydrogen (secondary N) is 1. The first kappa shape index (κ1) is 17.9. The molecule has 1 aromatic heterocycles. The Kier molecular flexibility index (Phi) is 5.84. The fourth-order valence-electron chi connectivity index (χ4n) is 3.56. The van der Waals surface area contributed by atoms with Crippen LogP contribution in [0.3, 0.4) is 0 Å². The zero-order valence-corrected chi connectivity index (χ0v) is 17.2. The number of hydrogen-bond acceptors (Lipinski definition) is 6. The number of aromatic nitrogens is 2. The minimum Gasteiger partial charge on any atom is -0.371 e. The highest BCUT2D eigenvalue weighted by atomic mass is 79.9. The third kappa shape index (κ3) is 4.43. The van der Waals surface area contributed by atoms with Crippen LogP contribution in [0.25, 0.3) is 0 Å². The summed E-state index contributed by atoms with van der Waals surface area (Å²) >= 11 is 5.58. The van der Waals surface area contributed by atoms with Crippen molar-refractivity contribution in [2.24, 2.45) is 5.92 Å². The maximum atomic E-state index is 4.46. The molecule has 0 saturated carbocycles. The summed E-state index contributed by atoms with van der Waals surface area (Å²) in [7, 11) is 0. The van der Waals surface area contributed by atoms with Crippen LogP contribution in [0.15, 0.2) is 41.1 Å². The Balaban J connectivity index is 1.32. The lowest BCUT2D eigenvalue weighted by Gasteiger charge is -2.27. The van der Waals surface area contributed by atoms with Gasteiger partial charge in [0, 0.05) is 60.5 Å². The number of nitrogens with zero attached hydrogens (tertiary/aromatic N) is 4. The minimum atomic E-state index is 0.638. The molecule has 26 heavy (non-hydrogen) atoms. The summed E-state index contributed by atoms with van der Waals surface area (Å²) in [4.78, 5) is 13.7. The van der Waals surface area contributed by atoms with E-state index in [-0.39, 0.29) is 0 Å². The number of rotatable bonds is 5. The predicted molar refractivity (Wildman–Crippen MR) is 115 cm³/mol. The third-order valence-electron chi connectivity index (χ3n) is 5.02. The van der Waals surface area contributed by atoms with Crippen LogP contribution in [0.2, 0.25) is 0 Å². The van der Waals surface area contributed by atoms with Crippen LogP contribution in [0, 0.1) is 5.92 Å². The molecular formula is C19H24BrN5S. The Morgan fingerprint density at radius 3 is 2.85 bits per heavy atom. The van der Waals surface area contributed by atoms with E-state index in [0.717, 1.165) is 48.8 Å². The van der Waals surface area contributed by atoms with Gasteiger partial charge in [-0.25, -0.2) is 9.97 Å².